The smallest absolute Gasteiger partial charge is 0.407 e. The van der Waals surface area contributed by atoms with E-state index in [1.165, 1.54) is 33.1 Å². The molecule has 7 heteroatoms. The number of nitrogens with zero attached hydrogens (tertiary/aromatic N) is 2. The third kappa shape index (κ3) is 8.24. The number of amides is 2. The van der Waals surface area contributed by atoms with Gasteiger partial charge in [-0.1, -0.05) is 68.5 Å². The Balaban J connectivity index is 1.80. The molecule has 0 saturated heterocycles. The number of hydrogen-bond donors (Lipinski definition) is 2. The predicted molar refractivity (Wildman–Crippen MR) is 160 cm³/mol. The van der Waals surface area contributed by atoms with E-state index in [9.17, 15) is 19.8 Å². The Morgan fingerprint density at radius 3 is 1.95 bits per heavy atom. The average Bonchev–Trinajstić information content (AvgIpc) is 2.96. The van der Waals surface area contributed by atoms with Gasteiger partial charge in [0.25, 0.3) is 0 Å². The second-order valence-corrected chi connectivity index (χ2v) is 9.54. The van der Waals surface area contributed by atoms with Gasteiger partial charge in [0.2, 0.25) is 5.91 Å². The second-order valence-electron chi connectivity index (χ2n) is 9.54. The quantitative estimate of drug-likeness (QED) is 0.206. The third-order valence-electron chi connectivity index (χ3n) is 6.59. The summed E-state index contributed by atoms with van der Waals surface area (Å²) in [6.45, 7) is 4.70. The lowest BCUT2D eigenvalue weighted by molar-refractivity contribution is -0.123. The molecule has 2 N–H and O–H groups in total. The molecule has 3 rings (SSSR count). The number of carboxylic acid groups (broad SMARTS) is 1. The van der Waals surface area contributed by atoms with Crippen molar-refractivity contribution in [1.29, 1.82) is 0 Å². The van der Waals surface area contributed by atoms with E-state index in [0.29, 0.717) is 5.75 Å². The predicted octanol–water partition coefficient (Wildman–Crippen LogP) is 6.33. The highest BCUT2D eigenvalue weighted by Gasteiger charge is 2.14. The fourth-order valence-electron chi connectivity index (χ4n) is 4.30. The van der Waals surface area contributed by atoms with Crippen LogP contribution in [0.25, 0.3) is 11.1 Å². The van der Waals surface area contributed by atoms with E-state index in [1.807, 2.05) is 36.4 Å². The molecule has 0 aliphatic heterocycles. The summed E-state index contributed by atoms with van der Waals surface area (Å²) in [5.41, 5.74) is 6.72. The van der Waals surface area contributed by atoms with Crippen LogP contribution in [0.3, 0.4) is 0 Å². The Hall–Kier alpha value is -4.52. The first kappa shape index (κ1) is 30.0. The molecular weight excluding hydrogens is 504 g/mol. The van der Waals surface area contributed by atoms with Gasteiger partial charge < -0.3 is 24.7 Å². The Morgan fingerprint density at radius 1 is 0.850 bits per heavy atom. The molecule has 0 aromatic heterocycles. The standard InChI is InChI=1S/C33H38N2O5/c1-5-24-9-11-25(12-10-24)30(6-2)32(26-13-17-28(36)18-14-26)27-15-19-29(20-16-27)40-23-22-35(33(38)39)21-7-8-31(37)34(3)4/h7-20,36H,5-6,21-23H2,1-4H3,(H,38,39). The van der Waals surface area contributed by atoms with E-state index in [0.717, 1.165) is 35.1 Å². The van der Waals surface area contributed by atoms with E-state index >= 15 is 0 Å². The van der Waals surface area contributed by atoms with E-state index < -0.39 is 6.09 Å². The molecule has 2 amide bonds. The molecule has 0 fully saturated rings. The number of allylic oxidation sites excluding steroid dienone is 1. The summed E-state index contributed by atoms with van der Waals surface area (Å²) in [6, 6.07) is 23.6. The largest absolute Gasteiger partial charge is 0.508 e. The normalized spacial score (nSPS) is 11.7. The zero-order valence-electron chi connectivity index (χ0n) is 23.6. The van der Waals surface area contributed by atoms with E-state index in [-0.39, 0.29) is 31.4 Å². The number of carbonyl (C=O) groups excluding carboxylic acids is 1. The molecule has 0 unspecified atom stereocenters. The number of benzene rings is 3. The molecule has 3 aromatic carbocycles. The summed E-state index contributed by atoms with van der Waals surface area (Å²) in [6.07, 6.45) is 3.61. The summed E-state index contributed by atoms with van der Waals surface area (Å²) in [4.78, 5) is 25.9. The van der Waals surface area contributed by atoms with Gasteiger partial charge in [0, 0.05) is 26.7 Å². The summed E-state index contributed by atoms with van der Waals surface area (Å²) < 4.78 is 5.85. The van der Waals surface area contributed by atoms with Crippen LogP contribution in [0.1, 0.15) is 42.5 Å². The maximum atomic E-state index is 11.7. The lowest BCUT2D eigenvalue weighted by Crippen LogP contribution is -2.33. The van der Waals surface area contributed by atoms with E-state index in [2.05, 4.69) is 38.1 Å². The van der Waals surface area contributed by atoms with Crippen LogP contribution in [0.4, 0.5) is 4.79 Å². The number of aromatic hydroxyl groups is 1. The maximum absolute atomic E-state index is 11.7. The van der Waals surface area contributed by atoms with E-state index in [1.54, 1.807) is 26.2 Å². The number of rotatable bonds is 12. The van der Waals surface area contributed by atoms with Crippen molar-refractivity contribution in [2.75, 3.05) is 33.8 Å². The van der Waals surface area contributed by atoms with Crippen LogP contribution in [0.5, 0.6) is 11.5 Å². The summed E-state index contributed by atoms with van der Waals surface area (Å²) in [5, 5.41) is 19.4. The van der Waals surface area contributed by atoms with Gasteiger partial charge in [-0.2, -0.15) is 0 Å². The number of ether oxygens (including phenoxy) is 1. The first-order valence-corrected chi connectivity index (χ1v) is 13.4. The Morgan fingerprint density at radius 2 is 1.43 bits per heavy atom. The maximum Gasteiger partial charge on any atom is 0.407 e. The van der Waals surface area contributed by atoms with Crippen molar-refractivity contribution in [2.45, 2.75) is 26.7 Å². The van der Waals surface area contributed by atoms with E-state index in [4.69, 9.17) is 4.74 Å². The zero-order valence-corrected chi connectivity index (χ0v) is 23.6. The SMILES string of the molecule is CCC(=C(c1ccc(O)cc1)c1ccc(OCCN(CC=CC(=O)N(C)C)C(=O)O)cc1)c1ccc(CC)cc1. The minimum absolute atomic E-state index is 0.0943. The molecule has 0 heterocycles. The van der Waals surface area contributed by atoms with Crippen LogP contribution in [-0.4, -0.2) is 65.8 Å². The van der Waals surface area contributed by atoms with Gasteiger partial charge in [0.15, 0.2) is 0 Å². The Bertz CT molecular complexity index is 1320. The van der Waals surface area contributed by atoms with Crippen molar-refractivity contribution >= 4 is 23.1 Å². The number of phenolic OH excluding ortho intramolecular Hbond substituents is 1. The highest BCUT2D eigenvalue weighted by Crippen LogP contribution is 2.35. The molecule has 0 saturated carbocycles. The third-order valence-corrected chi connectivity index (χ3v) is 6.59. The van der Waals surface area contributed by atoms with Gasteiger partial charge in [0.1, 0.15) is 18.1 Å². The zero-order chi connectivity index (χ0) is 29.1. The van der Waals surface area contributed by atoms with Gasteiger partial charge in [-0.25, -0.2) is 4.79 Å². The van der Waals surface area contributed by atoms with Crippen LogP contribution in [0.15, 0.2) is 84.9 Å². The summed E-state index contributed by atoms with van der Waals surface area (Å²) in [7, 11) is 3.27. The molecule has 7 nitrogen and oxygen atoms in total. The topological polar surface area (TPSA) is 90.3 Å². The van der Waals surface area contributed by atoms with Crippen molar-refractivity contribution in [3.63, 3.8) is 0 Å². The Kier molecular flexibility index (Phi) is 10.9. The highest BCUT2D eigenvalue weighted by molar-refractivity contribution is 5.98. The molecule has 0 atom stereocenters. The van der Waals surface area contributed by atoms with Crippen LogP contribution < -0.4 is 4.74 Å². The minimum atomic E-state index is -1.08. The summed E-state index contributed by atoms with van der Waals surface area (Å²) in [5.74, 6) is 0.641. The first-order chi connectivity index (χ1) is 19.2. The fraction of sp³-hybridized carbons (Fsp3) is 0.273. The number of likely N-dealkylation sites (N-methyl/N-ethyl adjacent to an activating group) is 1. The molecule has 0 bridgehead atoms. The summed E-state index contributed by atoms with van der Waals surface area (Å²) >= 11 is 0. The fourth-order valence-corrected chi connectivity index (χ4v) is 4.30. The molecular formula is C33H38N2O5. The lowest BCUT2D eigenvalue weighted by Gasteiger charge is -2.19. The molecule has 0 aliphatic carbocycles. The number of phenols is 1. The van der Waals surface area contributed by atoms with Crippen molar-refractivity contribution in [1.82, 2.24) is 9.80 Å². The van der Waals surface area contributed by atoms with Crippen molar-refractivity contribution < 1.29 is 24.5 Å². The number of aryl methyl sites for hydroxylation is 1. The Labute approximate surface area is 236 Å². The average molecular weight is 543 g/mol. The molecule has 0 radical (unpaired) electrons. The molecule has 3 aromatic rings. The van der Waals surface area contributed by atoms with Crippen LogP contribution in [0.2, 0.25) is 0 Å². The number of carbonyl (C=O) groups is 2. The molecule has 40 heavy (non-hydrogen) atoms. The monoisotopic (exact) mass is 542 g/mol. The molecule has 0 spiro atoms. The minimum Gasteiger partial charge on any atom is -0.508 e. The van der Waals surface area contributed by atoms with Gasteiger partial charge in [-0.3, -0.25) is 4.79 Å². The second kappa shape index (κ2) is 14.6. The van der Waals surface area contributed by atoms with Crippen molar-refractivity contribution in [2.24, 2.45) is 0 Å². The first-order valence-electron chi connectivity index (χ1n) is 13.4. The van der Waals surface area contributed by atoms with Crippen molar-refractivity contribution in [3.05, 3.63) is 107 Å². The van der Waals surface area contributed by atoms with Gasteiger partial charge in [0.05, 0.1) is 6.54 Å². The highest BCUT2D eigenvalue weighted by atomic mass is 16.5. The molecule has 0 aliphatic rings. The van der Waals surface area contributed by atoms with Gasteiger partial charge >= 0.3 is 6.09 Å². The molecule has 210 valence electrons. The van der Waals surface area contributed by atoms with Crippen LogP contribution in [0, 0.1) is 0 Å². The van der Waals surface area contributed by atoms with Gasteiger partial charge in [-0.05, 0) is 70.5 Å². The lowest BCUT2D eigenvalue weighted by atomic mass is 9.88. The van der Waals surface area contributed by atoms with Crippen molar-refractivity contribution in [3.8, 4) is 11.5 Å². The van der Waals surface area contributed by atoms with Crippen LogP contribution in [-0.2, 0) is 11.2 Å². The van der Waals surface area contributed by atoms with Crippen LogP contribution >= 0.6 is 0 Å². The number of hydrogen-bond acceptors (Lipinski definition) is 4. The van der Waals surface area contributed by atoms with Gasteiger partial charge in [-0.15, -0.1) is 0 Å².